The highest BCUT2D eigenvalue weighted by atomic mass is 16.5. The summed E-state index contributed by atoms with van der Waals surface area (Å²) < 4.78 is 7.99. The zero-order valence-electron chi connectivity index (χ0n) is 19.0. The van der Waals surface area contributed by atoms with Gasteiger partial charge in [-0.2, -0.15) is 0 Å². The van der Waals surface area contributed by atoms with Crippen LogP contribution >= 0.6 is 0 Å². The maximum absolute atomic E-state index is 11.2. The molecule has 0 radical (unpaired) electrons. The highest BCUT2D eigenvalue weighted by molar-refractivity contribution is 6.09. The summed E-state index contributed by atoms with van der Waals surface area (Å²) in [5.74, 6) is 1.26. The molecule has 1 N–H and O–H groups in total. The number of phenols is 1. The largest absolute Gasteiger partial charge is 0.507 e. The highest BCUT2D eigenvalue weighted by Crippen LogP contribution is 2.46. The van der Waals surface area contributed by atoms with E-state index in [0.29, 0.717) is 5.75 Å². The van der Waals surface area contributed by atoms with E-state index in [1.54, 1.807) is 7.11 Å². The lowest BCUT2D eigenvalue weighted by atomic mass is 9.77. The summed E-state index contributed by atoms with van der Waals surface area (Å²) in [6.07, 6.45) is 2.09. The molecule has 2 heterocycles. The number of hydrogen-bond donors (Lipinski definition) is 1. The van der Waals surface area contributed by atoms with Gasteiger partial charge in [0.2, 0.25) is 0 Å². The van der Waals surface area contributed by atoms with Crippen molar-refractivity contribution in [2.24, 2.45) is 0 Å². The molecule has 2 aromatic heterocycles. The Balaban J connectivity index is 2.20. The first-order valence-electron chi connectivity index (χ1n) is 10.5. The molecule has 0 aliphatic rings. The predicted molar refractivity (Wildman–Crippen MR) is 126 cm³/mol. The summed E-state index contributed by atoms with van der Waals surface area (Å²) in [6, 6.07) is 16.7. The van der Waals surface area contributed by atoms with Gasteiger partial charge in [-0.15, -0.1) is 0 Å². The molecule has 0 atom stereocenters. The Labute approximate surface area is 178 Å². The summed E-state index contributed by atoms with van der Waals surface area (Å²) in [4.78, 5) is 0. The standard InChI is InChI=1S/C27H31NO2/c1-26(2,3)18-15-17(16-19(25(18)29)27(4,5)6)23-20-11-8-9-14-28(20)21-12-10-13-22(30-7)24(21)23/h8-16,29H,1-7H3. The van der Waals surface area contributed by atoms with E-state index < -0.39 is 0 Å². The number of ether oxygens (including phenoxy) is 1. The predicted octanol–water partition coefficient (Wildman–Crippen LogP) is 7.07. The Morgan fingerprint density at radius 3 is 1.97 bits per heavy atom. The SMILES string of the molecule is COc1cccc2c1c(-c1cc(C(C)(C)C)c(O)c(C(C)(C)C)c1)c1ccccn12. The molecule has 2 aromatic carbocycles. The fourth-order valence-corrected chi connectivity index (χ4v) is 4.34. The molecule has 30 heavy (non-hydrogen) atoms. The van der Waals surface area contributed by atoms with Crippen molar-refractivity contribution in [3.63, 3.8) is 0 Å². The summed E-state index contributed by atoms with van der Waals surface area (Å²) in [5.41, 5.74) is 6.03. The average molecular weight is 402 g/mol. The van der Waals surface area contributed by atoms with E-state index in [9.17, 15) is 5.11 Å². The first kappa shape index (κ1) is 20.3. The quantitative estimate of drug-likeness (QED) is 0.390. The van der Waals surface area contributed by atoms with Gasteiger partial charge in [0.1, 0.15) is 11.5 Å². The van der Waals surface area contributed by atoms with Gasteiger partial charge >= 0.3 is 0 Å². The lowest BCUT2D eigenvalue weighted by Gasteiger charge is -2.28. The van der Waals surface area contributed by atoms with Crippen LogP contribution in [0.4, 0.5) is 0 Å². The number of aromatic nitrogens is 1. The number of fused-ring (bicyclic) bond motifs is 3. The third-order valence-electron chi connectivity index (χ3n) is 5.86. The highest BCUT2D eigenvalue weighted by Gasteiger charge is 2.28. The van der Waals surface area contributed by atoms with Gasteiger partial charge in [-0.05, 0) is 52.8 Å². The molecule has 0 saturated carbocycles. The normalized spacial score (nSPS) is 12.6. The number of pyridine rings is 1. The van der Waals surface area contributed by atoms with Crippen LogP contribution in [0.3, 0.4) is 0 Å². The van der Waals surface area contributed by atoms with Crippen LogP contribution < -0.4 is 4.74 Å². The van der Waals surface area contributed by atoms with Crippen LogP contribution in [0.15, 0.2) is 54.7 Å². The fourth-order valence-electron chi connectivity index (χ4n) is 4.34. The molecule has 0 fully saturated rings. The number of hydrogen-bond acceptors (Lipinski definition) is 2. The van der Waals surface area contributed by atoms with Gasteiger partial charge in [-0.25, -0.2) is 0 Å². The second-order valence-electron chi connectivity index (χ2n) is 10.1. The topological polar surface area (TPSA) is 33.9 Å². The minimum atomic E-state index is -0.185. The van der Waals surface area contributed by atoms with Crippen LogP contribution in [0.2, 0.25) is 0 Å². The molecule has 0 bridgehead atoms. The Morgan fingerprint density at radius 1 is 0.800 bits per heavy atom. The van der Waals surface area contributed by atoms with Crippen LogP contribution in [0, 0.1) is 0 Å². The third kappa shape index (κ3) is 3.13. The van der Waals surface area contributed by atoms with Crippen LogP contribution in [-0.4, -0.2) is 16.6 Å². The molecular formula is C27H31NO2. The van der Waals surface area contributed by atoms with Gasteiger partial charge in [0.05, 0.1) is 23.5 Å². The van der Waals surface area contributed by atoms with Crippen molar-refractivity contribution in [3.05, 3.63) is 65.9 Å². The Kier molecular flexibility index (Phi) is 4.61. The van der Waals surface area contributed by atoms with E-state index in [0.717, 1.165) is 44.4 Å². The van der Waals surface area contributed by atoms with Crippen molar-refractivity contribution < 1.29 is 9.84 Å². The second-order valence-corrected chi connectivity index (χ2v) is 10.1. The molecule has 0 aliphatic carbocycles. The molecule has 0 unspecified atom stereocenters. The van der Waals surface area contributed by atoms with E-state index >= 15 is 0 Å². The number of benzene rings is 2. The smallest absolute Gasteiger partial charge is 0.128 e. The van der Waals surface area contributed by atoms with Crippen molar-refractivity contribution in [2.75, 3.05) is 7.11 Å². The van der Waals surface area contributed by atoms with Crippen molar-refractivity contribution in [1.29, 1.82) is 0 Å². The zero-order valence-corrected chi connectivity index (χ0v) is 19.0. The second kappa shape index (κ2) is 6.80. The molecule has 0 spiro atoms. The van der Waals surface area contributed by atoms with Gasteiger partial charge in [0.25, 0.3) is 0 Å². The van der Waals surface area contributed by atoms with Crippen molar-refractivity contribution >= 4 is 16.4 Å². The van der Waals surface area contributed by atoms with Crippen molar-refractivity contribution in [3.8, 4) is 22.6 Å². The fraction of sp³-hybridized carbons (Fsp3) is 0.333. The van der Waals surface area contributed by atoms with Crippen LogP contribution in [0.5, 0.6) is 11.5 Å². The molecule has 0 saturated heterocycles. The third-order valence-corrected chi connectivity index (χ3v) is 5.86. The van der Waals surface area contributed by atoms with E-state index in [1.165, 1.54) is 0 Å². The monoisotopic (exact) mass is 401 g/mol. The van der Waals surface area contributed by atoms with Gasteiger partial charge in [0.15, 0.2) is 0 Å². The molecule has 0 aliphatic heterocycles. The Bertz CT molecular complexity index is 1210. The molecular weight excluding hydrogens is 370 g/mol. The van der Waals surface area contributed by atoms with Crippen molar-refractivity contribution in [1.82, 2.24) is 4.40 Å². The lowest BCUT2D eigenvalue weighted by Crippen LogP contribution is -2.17. The number of phenolic OH excluding ortho intramolecular Hbond substituents is 1. The number of methoxy groups -OCH3 is 1. The molecule has 3 heteroatoms. The Morgan fingerprint density at radius 2 is 1.40 bits per heavy atom. The van der Waals surface area contributed by atoms with Gasteiger partial charge in [-0.1, -0.05) is 53.7 Å². The first-order valence-corrected chi connectivity index (χ1v) is 10.5. The van der Waals surface area contributed by atoms with Gasteiger partial charge in [0, 0.05) is 22.9 Å². The van der Waals surface area contributed by atoms with Gasteiger partial charge in [-0.3, -0.25) is 0 Å². The molecule has 4 aromatic rings. The number of nitrogens with zero attached hydrogens (tertiary/aromatic N) is 1. The van der Waals surface area contributed by atoms with E-state index in [4.69, 9.17) is 4.74 Å². The lowest BCUT2D eigenvalue weighted by molar-refractivity contribution is 0.420. The van der Waals surface area contributed by atoms with E-state index in [2.05, 4.69) is 82.5 Å². The molecule has 0 amide bonds. The first-order chi connectivity index (χ1) is 14.0. The average Bonchev–Trinajstić information content (AvgIpc) is 3.01. The Hall–Kier alpha value is -2.94. The van der Waals surface area contributed by atoms with Crippen LogP contribution in [0.1, 0.15) is 52.7 Å². The summed E-state index contributed by atoms with van der Waals surface area (Å²) in [5, 5.41) is 12.3. The summed E-state index contributed by atoms with van der Waals surface area (Å²) in [6.45, 7) is 12.9. The van der Waals surface area contributed by atoms with Crippen molar-refractivity contribution in [2.45, 2.75) is 52.4 Å². The number of rotatable bonds is 2. The van der Waals surface area contributed by atoms with E-state index in [1.807, 2.05) is 18.2 Å². The van der Waals surface area contributed by atoms with E-state index in [-0.39, 0.29) is 10.8 Å². The number of aromatic hydroxyl groups is 1. The van der Waals surface area contributed by atoms with Crippen LogP contribution in [0.25, 0.3) is 27.5 Å². The minimum absolute atomic E-state index is 0.185. The van der Waals surface area contributed by atoms with Gasteiger partial charge < -0.3 is 14.2 Å². The maximum Gasteiger partial charge on any atom is 0.128 e. The molecule has 156 valence electrons. The summed E-state index contributed by atoms with van der Waals surface area (Å²) >= 11 is 0. The molecule has 3 nitrogen and oxygen atoms in total. The summed E-state index contributed by atoms with van der Waals surface area (Å²) in [7, 11) is 1.72. The minimum Gasteiger partial charge on any atom is -0.507 e. The zero-order chi connectivity index (χ0) is 21.8. The molecule has 4 rings (SSSR count). The van der Waals surface area contributed by atoms with Crippen LogP contribution in [-0.2, 0) is 10.8 Å². The maximum atomic E-state index is 11.2.